The lowest BCUT2D eigenvalue weighted by Crippen LogP contribution is -2.30. The van der Waals surface area contributed by atoms with Crippen LogP contribution in [0.5, 0.6) is 0 Å². The molecule has 3 rings (SSSR count). The molecule has 1 aliphatic heterocycles. The summed E-state index contributed by atoms with van der Waals surface area (Å²) in [6.07, 6.45) is 6.15. The first-order chi connectivity index (χ1) is 8.84. The number of nitrogens with one attached hydrogen (secondary N) is 1. The molecule has 1 aliphatic rings. The first kappa shape index (κ1) is 11.5. The lowest BCUT2D eigenvalue weighted by Gasteiger charge is -2.23. The number of furan rings is 1. The van der Waals surface area contributed by atoms with Crippen molar-refractivity contribution in [1.82, 2.24) is 14.9 Å². The van der Waals surface area contributed by atoms with Crippen molar-refractivity contribution in [2.45, 2.75) is 32.2 Å². The molecule has 4 nitrogen and oxygen atoms in total. The van der Waals surface area contributed by atoms with E-state index in [1.807, 2.05) is 18.3 Å². The molecule has 0 radical (unpaired) electrons. The molecule has 0 spiro atoms. The molecule has 1 N–H and O–H groups in total. The predicted molar refractivity (Wildman–Crippen MR) is 69.6 cm³/mol. The highest BCUT2D eigenvalue weighted by Crippen LogP contribution is 2.24. The number of rotatable bonds is 3. The molecule has 3 heterocycles. The van der Waals surface area contributed by atoms with E-state index in [0.717, 1.165) is 25.4 Å². The zero-order valence-corrected chi connectivity index (χ0v) is 10.7. The summed E-state index contributed by atoms with van der Waals surface area (Å²) in [6, 6.07) is 3.95. The largest absolute Gasteiger partial charge is 0.467 e. The number of aryl methyl sites for hydroxylation is 1. The van der Waals surface area contributed by atoms with Crippen LogP contribution in [0.25, 0.3) is 0 Å². The van der Waals surface area contributed by atoms with Crippen LogP contribution in [0.4, 0.5) is 0 Å². The SMILES string of the molecule is Cc1cnc(C2CCCNC2)n1Cc1ccco1. The average molecular weight is 245 g/mol. The Morgan fingerprint density at radius 1 is 1.56 bits per heavy atom. The maximum absolute atomic E-state index is 5.44. The number of nitrogens with zero attached hydrogens (tertiary/aromatic N) is 2. The summed E-state index contributed by atoms with van der Waals surface area (Å²) >= 11 is 0. The Labute approximate surface area is 107 Å². The van der Waals surface area contributed by atoms with Crippen LogP contribution in [0.1, 0.15) is 36.0 Å². The van der Waals surface area contributed by atoms with Crippen molar-refractivity contribution in [3.63, 3.8) is 0 Å². The highest BCUT2D eigenvalue weighted by Gasteiger charge is 2.21. The van der Waals surface area contributed by atoms with E-state index < -0.39 is 0 Å². The van der Waals surface area contributed by atoms with Gasteiger partial charge in [0.05, 0.1) is 12.8 Å². The molecule has 18 heavy (non-hydrogen) atoms. The quantitative estimate of drug-likeness (QED) is 0.902. The van der Waals surface area contributed by atoms with Crippen molar-refractivity contribution < 1.29 is 4.42 Å². The fraction of sp³-hybridized carbons (Fsp3) is 0.500. The van der Waals surface area contributed by atoms with E-state index in [-0.39, 0.29) is 0 Å². The van der Waals surface area contributed by atoms with Crippen LogP contribution >= 0.6 is 0 Å². The Hall–Kier alpha value is -1.55. The topological polar surface area (TPSA) is 43.0 Å². The third-order valence-electron chi connectivity index (χ3n) is 3.64. The normalized spacial score (nSPS) is 20.2. The van der Waals surface area contributed by atoms with Gasteiger partial charge in [-0.05, 0) is 38.4 Å². The average Bonchev–Trinajstić information content (AvgIpc) is 3.03. The van der Waals surface area contributed by atoms with Crippen LogP contribution in [0.3, 0.4) is 0 Å². The molecule has 96 valence electrons. The minimum atomic E-state index is 0.530. The molecule has 0 aromatic carbocycles. The van der Waals surface area contributed by atoms with Gasteiger partial charge in [0, 0.05) is 24.4 Å². The molecular formula is C14H19N3O. The van der Waals surface area contributed by atoms with Crippen molar-refractivity contribution in [3.05, 3.63) is 41.9 Å². The lowest BCUT2D eigenvalue weighted by molar-refractivity contribution is 0.424. The van der Waals surface area contributed by atoms with E-state index >= 15 is 0 Å². The van der Waals surface area contributed by atoms with Crippen molar-refractivity contribution in [1.29, 1.82) is 0 Å². The summed E-state index contributed by atoms with van der Waals surface area (Å²) in [6.45, 7) is 5.06. The van der Waals surface area contributed by atoms with Crippen molar-refractivity contribution >= 4 is 0 Å². The second-order valence-corrected chi connectivity index (χ2v) is 4.97. The molecule has 2 aromatic rings. The van der Waals surface area contributed by atoms with Crippen LogP contribution in [0, 0.1) is 6.92 Å². The third-order valence-corrected chi connectivity index (χ3v) is 3.64. The Morgan fingerprint density at radius 3 is 3.22 bits per heavy atom. The third kappa shape index (κ3) is 2.20. The Kier molecular flexibility index (Phi) is 3.19. The fourth-order valence-corrected chi connectivity index (χ4v) is 2.64. The fourth-order valence-electron chi connectivity index (χ4n) is 2.64. The zero-order valence-electron chi connectivity index (χ0n) is 10.7. The molecule has 0 bridgehead atoms. The highest BCUT2D eigenvalue weighted by atomic mass is 16.3. The molecule has 1 atom stereocenters. The van der Waals surface area contributed by atoms with Crippen molar-refractivity contribution in [2.75, 3.05) is 13.1 Å². The summed E-state index contributed by atoms with van der Waals surface area (Å²) in [4.78, 5) is 4.60. The molecule has 0 amide bonds. The Balaban J connectivity index is 1.86. The van der Waals surface area contributed by atoms with Gasteiger partial charge in [-0.15, -0.1) is 0 Å². The van der Waals surface area contributed by atoms with Gasteiger partial charge < -0.3 is 14.3 Å². The second kappa shape index (κ2) is 4.98. The standard InChI is InChI=1S/C14H19N3O/c1-11-8-16-14(12-4-2-6-15-9-12)17(11)10-13-5-3-7-18-13/h3,5,7-8,12,15H,2,4,6,9-10H2,1H3. The van der Waals surface area contributed by atoms with Gasteiger partial charge in [0.15, 0.2) is 0 Å². The minimum absolute atomic E-state index is 0.530. The van der Waals surface area contributed by atoms with Crippen LogP contribution < -0.4 is 5.32 Å². The van der Waals surface area contributed by atoms with E-state index in [9.17, 15) is 0 Å². The van der Waals surface area contributed by atoms with Gasteiger partial charge in [-0.25, -0.2) is 4.98 Å². The molecule has 1 saturated heterocycles. The Bertz CT molecular complexity index is 495. The van der Waals surface area contributed by atoms with Crippen LogP contribution in [-0.2, 0) is 6.54 Å². The number of imidazole rings is 1. The Morgan fingerprint density at radius 2 is 2.50 bits per heavy atom. The lowest BCUT2D eigenvalue weighted by atomic mass is 9.99. The van der Waals surface area contributed by atoms with Gasteiger partial charge in [-0.2, -0.15) is 0 Å². The van der Waals surface area contributed by atoms with E-state index in [2.05, 4.69) is 21.8 Å². The van der Waals surface area contributed by atoms with E-state index in [1.54, 1.807) is 6.26 Å². The summed E-state index contributed by atoms with van der Waals surface area (Å²) in [5.41, 5.74) is 1.20. The maximum Gasteiger partial charge on any atom is 0.123 e. The summed E-state index contributed by atoms with van der Waals surface area (Å²) in [7, 11) is 0. The van der Waals surface area contributed by atoms with Crippen molar-refractivity contribution in [2.24, 2.45) is 0 Å². The van der Waals surface area contributed by atoms with Gasteiger partial charge in [0.25, 0.3) is 0 Å². The molecule has 4 heteroatoms. The number of piperidine rings is 1. The smallest absolute Gasteiger partial charge is 0.123 e. The first-order valence-electron chi connectivity index (χ1n) is 6.59. The van der Waals surface area contributed by atoms with Gasteiger partial charge in [0.1, 0.15) is 11.6 Å². The van der Waals surface area contributed by atoms with E-state index in [4.69, 9.17) is 4.42 Å². The molecule has 1 fully saturated rings. The highest BCUT2D eigenvalue weighted by molar-refractivity contribution is 5.12. The van der Waals surface area contributed by atoms with Gasteiger partial charge in [0.2, 0.25) is 0 Å². The van der Waals surface area contributed by atoms with E-state index in [1.165, 1.54) is 24.4 Å². The van der Waals surface area contributed by atoms with Gasteiger partial charge in [-0.1, -0.05) is 0 Å². The predicted octanol–water partition coefficient (Wildman–Crippen LogP) is 2.30. The van der Waals surface area contributed by atoms with Crippen LogP contribution in [0.2, 0.25) is 0 Å². The molecule has 1 unspecified atom stereocenters. The molecule has 2 aromatic heterocycles. The molecule has 0 saturated carbocycles. The molecular weight excluding hydrogens is 226 g/mol. The van der Waals surface area contributed by atoms with Crippen molar-refractivity contribution in [3.8, 4) is 0 Å². The van der Waals surface area contributed by atoms with Crippen LogP contribution in [-0.4, -0.2) is 22.6 Å². The van der Waals surface area contributed by atoms with E-state index in [0.29, 0.717) is 5.92 Å². The zero-order chi connectivity index (χ0) is 12.4. The number of hydrogen-bond donors (Lipinski definition) is 1. The number of aromatic nitrogens is 2. The second-order valence-electron chi connectivity index (χ2n) is 4.97. The first-order valence-corrected chi connectivity index (χ1v) is 6.59. The van der Waals surface area contributed by atoms with Crippen LogP contribution in [0.15, 0.2) is 29.0 Å². The summed E-state index contributed by atoms with van der Waals surface area (Å²) < 4.78 is 7.71. The minimum Gasteiger partial charge on any atom is -0.467 e. The van der Waals surface area contributed by atoms with Gasteiger partial charge in [-0.3, -0.25) is 0 Å². The summed E-state index contributed by atoms with van der Waals surface area (Å²) in [5.74, 6) is 2.71. The number of hydrogen-bond acceptors (Lipinski definition) is 3. The monoisotopic (exact) mass is 245 g/mol. The maximum atomic E-state index is 5.44. The summed E-state index contributed by atoms with van der Waals surface area (Å²) in [5, 5.41) is 3.45. The molecule has 0 aliphatic carbocycles. The van der Waals surface area contributed by atoms with Gasteiger partial charge >= 0.3 is 0 Å².